The van der Waals surface area contributed by atoms with Gasteiger partial charge in [-0.1, -0.05) is 12.1 Å². The Morgan fingerprint density at radius 3 is 2.38 bits per heavy atom. The lowest BCUT2D eigenvalue weighted by molar-refractivity contribution is 0.0917. The number of amides is 1. The number of carbonyl (C=O) groups excluding carboxylic acids is 1. The standard InChI is InChI=1S/C12H16N2O.ClH/c13-8-9-4-6-10(7-5-9)12(15)14-11-2-1-3-11;/h4-7,11H,1-3,8,13H2,(H,14,15);1H. The maximum absolute atomic E-state index is 11.7. The van der Waals surface area contributed by atoms with Crippen LogP contribution in [-0.4, -0.2) is 11.9 Å². The van der Waals surface area contributed by atoms with Crippen LogP contribution in [-0.2, 0) is 6.54 Å². The van der Waals surface area contributed by atoms with Gasteiger partial charge in [0.1, 0.15) is 0 Å². The van der Waals surface area contributed by atoms with Crippen molar-refractivity contribution < 1.29 is 4.79 Å². The highest BCUT2D eigenvalue weighted by molar-refractivity contribution is 5.94. The van der Waals surface area contributed by atoms with Gasteiger partial charge in [0.05, 0.1) is 0 Å². The Balaban J connectivity index is 0.00000128. The summed E-state index contributed by atoms with van der Waals surface area (Å²) in [4.78, 5) is 11.7. The van der Waals surface area contributed by atoms with Crippen LogP contribution in [0.15, 0.2) is 24.3 Å². The van der Waals surface area contributed by atoms with Crippen molar-refractivity contribution in [3.8, 4) is 0 Å². The topological polar surface area (TPSA) is 55.1 Å². The Bertz CT molecular complexity index is 347. The lowest BCUT2D eigenvalue weighted by Crippen LogP contribution is -2.39. The van der Waals surface area contributed by atoms with Crippen LogP contribution in [0.3, 0.4) is 0 Å². The molecule has 3 N–H and O–H groups in total. The van der Waals surface area contributed by atoms with Crippen molar-refractivity contribution in [2.24, 2.45) is 5.73 Å². The summed E-state index contributed by atoms with van der Waals surface area (Å²) in [5, 5.41) is 3.00. The molecule has 0 bridgehead atoms. The number of nitrogens with two attached hydrogens (primary N) is 1. The van der Waals surface area contributed by atoms with Crippen LogP contribution >= 0.6 is 12.4 Å². The molecule has 0 aromatic heterocycles. The van der Waals surface area contributed by atoms with Crippen molar-refractivity contribution in [2.45, 2.75) is 31.8 Å². The maximum Gasteiger partial charge on any atom is 0.251 e. The average molecular weight is 241 g/mol. The smallest absolute Gasteiger partial charge is 0.251 e. The van der Waals surface area contributed by atoms with Crippen molar-refractivity contribution in [3.05, 3.63) is 35.4 Å². The lowest BCUT2D eigenvalue weighted by Gasteiger charge is -2.26. The molecule has 3 nitrogen and oxygen atoms in total. The minimum absolute atomic E-state index is 0. The van der Waals surface area contributed by atoms with Gasteiger partial charge in [0.15, 0.2) is 0 Å². The first-order valence-corrected chi connectivity index (χ1v) is 5.39. The quantitative estimate of drug-likeness (QED) is 0.847. The average Bonchev–Trinajstić information content (AvgIpc) is 2.23. The number of nitrogens with one attached hydrogen (secondary N) is 1. The van der Waals surface area contributed by atoms with E-state index in [9.17, 15) is 4.79 Å². The van der Waals surface area contributed by atoms with E-state index in [-0.39, 0.29) is 18.3 Å². The van der Waals surface area contributed by atoms with Gasteiger partial charge in [-0.05, 0) is 37.0 Å². The van der Waals surface area contributed by atoms with Crippen LogP contribution < -0.4 is 11.1 Å². The molecule has 1 aromatic carbocycles. The van der Waals surface area contributed by atoms with E-state index in [1.54, 1.807) is 0 Å². The molecule has 1 aromatic rings. The predicted octanol–water partition coefficient (Wildman–Crippen LogP) is 1.85. The van der Waals surface area contributed by atoms with Crippen LogP contribution in [0.4, 0.5) is 0 Å². The van der Waals surface area contributed by atoms with Gasteiger partial charge in [-0.2, -0.15) is 0 Å². The molecule has 0 radical (unpaired) electrons. The first-order valence-electron chi connectivity index (χ1n) is 5.39. The third-order valence-electron chi connectivity index (χ3n) is 2.89. The molecule has 0 saturated heterocycles. The molecular weight excluding hydrogens is 224 g/mol. The summed E-state index contributed by atoms with van der Waals surface area (Å²) >= 11 is 0. The van der Waals surface area contributed by atoms with Crippen molar-refractivity contribution in [2.75, 3.05) is 0 Å². The molecule has 1 saturated carbocycles. The molecule has 1 fully saturated rings. The molecule has 88 valence electrons. The zero-order valence-electron chi connectivity index (χ0n) is 9.11. The van der Waals surface area contributed by atoms with E-state index in [2.05, 4.69) is 5.32 Å². The SMILES string of the molecule is Cl.NCc1ccc(C(=O)NC2CCC2)cc1. The van der Waals surface area contributed by atoms with Crippen molar-refractivity contribution in [1.82, 2.24) is 5.32 Å². The largest absolute Gasteiger partial charge is 0.349 e. The normalized spacial score (nSPS) is 14.8. The minimum Gasteiger partial charge on any atom is -0.349 e. The van der Waals surface area contributed by atoms with Crippen LogP contribution in [0.5, 0.6) is 0 Å². The minimum atomic E-state index is 0. The van der Waals surface area contributed by atoms with E-state index in [1.165, 1.54) is 6.42 Å². The highest BCUT2D eigenvalue weighted by atomic mass is 35.5. The van der Waals surface area contributed by atoms with Crippen LogP contribution in [0.2, 0.25) is 0 Å². The molecule has 0 aliphatic heterocycles. The number of benzene rings is 1. The van der Waals surface area contributed by atoms with Gasteiger partial charge >= 0.3 is 0 Å². The summed E-state index contributed by atoms with van der Waals surface area (Å²) in [6.07, 6.45) is 3.47. The van der Waals surface area contributed by atoms with Crippen molar-refractivity contribution in [1.29, 1.82) is 0 Å². The molecule has 0 heterocycles. The summed E-state index contributed by atoms with van der Waals surface area (Å²) in [7, 11) is 0. The number of halogens is 1. The lowest BCUT2D eigenvalue weighted by atomic mass is 9.93. The van der Waals surface area contributed by atoms with Gasteiger partial charge in [-0.15, -0.1) is 12.4 Å². The predicted molar refractivity (Wildman–Crippen MR) is 66.7 cm³/mol. The first-order chi connectivity index (χ1) is 7.29. The second-order valence-electron chi connectivity index (χ2n) is 4.00. The number of hydrogen-bond donors (Lipinski definition) is 2. The second-order valence-corrected chi connectivity index (χ2v) is 4.00. The van der Waals surface area contributed by atoms with E-state index >= 15 is 0 Å². The summed E-state index contributed by atoms with van der Waals surface area (Å²) in [6, 6.07) is 7.85. The number of carbonyl (C=O) groups is 1. The van der Waals surface area contributed by atoms with E-state index in [4.69, 9.17) is 5.73 Å². The van der Waals surface area contributed by atoms with Gasteiger partial charge < -0.3 is 11.1 Å². The van der Waals surface area contributed by atoms with Gasteiger partial charge in [-0.3, -0.25) is 4.79 Å². The molecule has 0 spiro atoms. The molecule has 2 rings (SSSR count). The van der Waals surface area contributed by atoms with Gasteiger partial charge in [-0.25, -0.2) is 0 Å². The van der Waals surface area contributed by atoms with Gasteiger partial charge in [0.25, 0.3) is 5.91 Å². The second kappa shape index (κ2) is 5.87. The molecular formula is C12H17ClN2O. The van der Waals surface area contributed by atoms with Crippen LogP contribution in [0.1, 0.15) is 35.2 Å². The van der Waals surface area contributed by atoms with Crippen LogP contribution in [0.25, 0.3) is 0 Å². The Morgan fingerprint density at radius 2 is 1.94 bits per heavy atom. The fraction of sp³-hybridized carbons (Fsp3) is 0.417. The van der Waals surface area contributed by atoms with Gasteiger partial charge in [0.2, 0.25) is 0 Å². The summed E-state index contributed by atoms with van der Waals surface area (Å²) < 4.78 is 0. The number of hydrogen-bond acceptors (Lipinski definition) is 2. The van der Waals surface area contributed by atoms with Crippen LogP contribution in [0, 0.1) is 0 Å². The monoisotopic (exact) mass is 240 g/mol. The summed E-state index contributed by atoms with van der Waals surface area (Å²) in [5.74, 6) is 0.0308. The molecule has 1 amide bonds. The van der Waals surface area contributed by atoms with E-state index in [0.717, 1.165) is 24.0 Å². The first kappa shape index (κ1) is 13.0. The zero-order chi connectivity index (χ0) is 10.7. The van der Waals surface area contributed by atoms with E-state index in [1.807, 2.05) is 24.3 Å². The third-order valence-corrected chi connectivity index (χ3v) is 2.89. The van der Waals surface area contributed by atoms with E-state index < -0.39 is 0 Å². The fourth-order valence-corrected chi connectivity index (χ4v) is 1.61. The summed E-state index contributed by atoms with van der Waals surface area (Å²) in [5.41, 5.74) is 7.26. The molecule has 16 heavy (non-hydrogen) atoms. The molecule has 4 heteroatoms. The third kappa shape index (κ3) is 2.97. The maximum atomic E-state index is 11.7. The Labute approximate surface area is 102 Å². The molecule has 1 aliphatic rings. The molecule has 1 aliphatic carbocycles. The Hall–Kier alpha value is -1.06. The highest BCUT2D eigenvalue weighted by Gasteiger charge is 2.19. The fourth-order valence-electron chi connectivity index (χ4n) is 1.61. The Kier molecular flexibility index (Phi) is 4.77. The summed E-state index contributed by atoms with van der Waals surface area (Å²) in [6.45, 7) is 0.518. The zero-order valence-corrected chi connectivity index (χ0v) is 9.93. The number of rotatable bonds is 3. The molecule has 0 unspecified atom stereocenters. The van der Waals surface area contributed by atoms with Crippen molar-refractivity contribution >= 4 is 18.3 Å². The van der Waals surface area contributed by atoms with Crippen molar-refractivity contribution in [3.63, 3.8) is 0 Å². The highest BCUT2D eigenvalue weighted by Crippen LogP contribution is 2.18. The Morgan fingerprint density at radius 1 is 1.31 bits per heavy atom. The van der Waals surface area contributed by atoms with Gasteiger partial charge in [0, 0.05) is 18.2 Å². The van der Waals surface area contributed by atoms with E-state index in [0.29, 0.717) is 12.6 Å². The molecule has 0 atom stereocenters.